The molecule has 0 spiro atoms. The minimum atomic E-state index is -0.985. The van der Waals surface area contributed by atoms with Crippen molar-refractivity contribution >= 4 is 23.1 Å². The zero-order valence-electron chi connectivity index (χ0n) is 12.3. The molecule has 0 unspecified atom stereocenters. The predicted octanol–water partition coefficient (Wildman–Crippen LogP) is 3.00. The SMILES string of the molecule is CC(C)CCOCCNc1nc2ccc(C(=O)O)cc2o1. The monoisotopic (exact) mass is 292 g/mol. The summed E-state index contributed by atoms with van der Waals surface area (Å²) < 4.78 is 10.9. The van der Waals surface area contributed by atoms with Crippen LogP contribution in [-0.4, -0.2) is 35.8 Å². The number of fused-ring (bicyclic) bond motifs is 1. The molecule has 0 fully saturated rings. The quantitative estimate of drug-likeness (QED) is 0.728. The molecule has 6 heteroatoms. The molecule has 6 nitrogen and oxygen atoms in total. The maximum atomic E-state index is 10.9. The molecule has 2 rings (SSSR count). The Morgan fingerprint density at radius 1 is 1.43 bits per heavy atom. The van der Waals surface area contributed by atoms with E-state index in [2.05, 4.69) is 24.1 Å². The normalized spacial score (nSPS) is 11.2. The summed E-state index contributed by atoms with van der Waals surface area (Å²) in [5.41, 5.74) is 1.27. The van der Waals surface area contributed by atoms with Crippen LogP contribution in [0.15, 0.2) is 22.6 Å². The van der Waals surface area contributed by atoms with Gasteiger partial charge < -0.3 is 19.6 Å². The molecule has 21 heavy (non-hydrogen) atoms. The summed E-state index contributed by atoms with van der Waals surface area (Å²) in [6.07, 6.45) is 1.04. The molecule has 0 amide bonds. The van der Waals surface area contributed by atoms with Crippen LogP contribution in [0.4, 0.5) is 6.01 Å². The topological polar surface area (TPSA) is 84.6 Å². The third-order valence-corrected chi connectivity index (χ3v) is 3.00. The van der Waals surface area contributed by atoms with Crippen molar-refractivity contribution in [2.24, 2.45) is 5.92 Å². The number of carbonyl (C=O) groups is 1. The van der Waals surface area contributed by atoms with Crippen LogP contribution in [0.1, 0.15) is 30.6 Å². The molecular weight excluding hydrogens is 272 g/mol. The van der Waals surface area contributed by atoms with Crippen molar-refractivity contribution in [3.8, 4) is 0 Å². The lowest BCUT2D eigenvalue weighted by atomic mass is 10.1. The van der Waals surface area contributed by atoms with Gasteiger partial charge in [0.2, 0.25) is 0 Å². The zero-order chi connectivity index (χ0) is 15.2. The van der Waals surface area contributed by atoms with Gasteiger partial charge >= 0.3 is 5.97 Å². The smallest absolute Gasteiger partial charge is 0.335 e. The van der Waals surface area contributed by atoms with Crippen molar-refractivity contribution in [3.63, 3.8) is 0 Å². The Morgan fingerprint density at radius 3 is 2.95 bits per heavy atom. The number of nitrogens with zero attached hydrogens (tertiary/aromatic N) is 1. The average molecular weight is 292 g/mol. The molecular formula is C15H20N2O4. The zero-order valence-corrected chi connectivity index (χ0v) is 12.3. The first-order valence-electron chi connectivity index (χ1n) is 7.02. The van der Waals surface area contributed by atoms with Crippen molar-refractivity contribution in [2.75, 3.05) is 25.1 Å². The van der Waals surface area contributed by atoms with Crippen LogP contribution in [-0.2, 0) is 4.74 Å². The highest BCUT2D eigenvalue weighted by atomic mass is 16.5. The van der Waals surface area contributed by atoms with Gasteiger partial charge in [-0.2, -0.15) is 4.98 Å². The lowest BCUT2D eigenvalue weighted by Gasteiger charge is -2.06. The fourth-order valence-corrected chi connectivity index (χ4v) is 1.78. The van der Waals surface area contributed by atoms with Gasteiger partial charge in [-0.25, -0.2) is 4.79 Å². The van der Waals surface area contributed by atoms with Crippen molar-refractivity contribution < 1.29 is 19.1 Å². The third kappa shape index (κ3) is 4.46. The van der Waals surface area contributed by atoms with Crippen LogP contribution in [0, 0.1) is 5.92 Å². The van der Waals surface area contributed by atoms with Crippen LogP contribution in [0.2, 0.25) is 0 Å². The number of anilines is 1. The number of hydrogen-bond acceptors (Lipinski definition) is 5. The van der Waals surface area contributed by atoms with Crippen molar-refractivity contribution in [1.29, 1.82) is 0 Å². The van der Waals surface area contributed by atoms with Crippen LogP contribution < -0.4 is 5.32 Å². The van der Waals surface area contributed by atoms with Gasteiger partial charge in [-0.3, -0.25) is 0 Å². The predicted molar refractivity (Wildman–Crippen MR) is 79.7 cm³/mol. The van der Waals surface area contributed by atoms with E-state index in [9.17, 15) is 4.79 Å². The number of aromatic nitrogens is 1. The van der Waals surface area contributed by atoms with Gasteiger partial charge in [-0.15, -0.1) is 0 Å². The highest BCUT2D eigenvalue weighted by molar-refractivity contribution is 5.92. The molecule has 2 N–H and O–H groups in total. The second-order valence-corrected chi connectivity index (χ2v) is 5.23. The van der Waals surface area contributed by atoms with E-state index in [-0.39, 0.29) is 5.56 Å². The van der Waals surface area contributed by atoms with E-state index in [4.69, 9.17) is 14.3 Å². The van der Waals surface area contributed by atoms with E-state index in [0.29, 0.717) is 36.2 Å². The van der Waals surface area contributed by atoms with Gasteiger partial charge in [0.1, 0.15) is 5.52 Å². The standard InChI is InChI=1S/C15H20N2O4/c1-10(2)5-7-20-8-6-16-15-17-12-4-3-11(14(18)19)9-13(12)21-15/h3-4,9-10H,5-8H2,1-2H3,(H,16,17)(H,18,19). The van der Waals surface area contributed by atoms with Crippen LogP contribution >= 0.6 is 0 Å². The Bertz CT molecular complexity index is 607. The molecule has 1 heterocycles. The summed E-state index contributed by atoms with van der Waals surface area (Å²) in [6.45, 7) is 6.23. The number of nitrogens with one attached hydrogen (secondary N) is 1. The van der Waals surface area contributed by atoms with Crippen molar-refractivity contribution in [1.82, 2.24) is 4.98 Å². The fourth-order valence-electron chi connectivity index (χ4n) is 1.78. The molecule has 0 aliphatic heterocycles. The van der Waals surface area contributed by atoms with Crippen LogP contribution in [0.25, 0.3) is 11.1 Å². The highest BCUT2D eigenvalue weighted by Crippen LogP contribution is 2.20. The molecule has 1 aromatic heterocycles. The molecule has 0 radical (unpaired) electrons. The van der Waals surface area contributed by atoms with Gasteiger partial charge in [-0.1, -0.05) is 13.8 Å². The summed E-state index contributed by atoms with van der Waals surface area (Å²) in [5, 5.41) is 11.9. The van der Waals surface area contributed by atoms with E-state index < -0.39 is 5.97 Å². The first-order chi connectivity index (χ1) is 10.1. The number of rotatable bonds is 8. The number of hydrogen-bond donors (Lipinski definition) is 2. The molecule has 0 saturated carbocycles. The number of carboxylic acid groups (broad SMARTS) is 1. The Labute approximate surface area is 123 Å². The van der Waals surface area contributed by atoms with E-state index >= 15 is 0 Å². The Kier molecular flexibility index (Phi) is 5.16. The fraction of sp³-hybridized carbons (Fsp3) is 0.467. The molecule has 1 aromatic carbocycles. The molecule has 2 aromatic rings. The summed E-state index contributed by atoms with van der Waals surface area (Å²) in [7, 11) is 0. The summed E-state index contributed by atoms with van der Waals surface area (Å²) in [4.78, 5) is 15.1. The molecule has 0 aliphatic carbocycles. The molecule has 0 atom stereocenters. The van der Waals surface area contributed by atoms with Crippen molar-refractivity contribution in [3.05, 3.63) is 23.8 Å². The van der Waals surface area contributed by atoms with Gasteiger partial charge in [0.15, 0.2) is 5.58 Å². The lowest BCUT2D eigenvalue weighted by Crippen LogP contribution is -2.10. The molecule has 0 bridgehead atoms. The summed E-state index contributed by atoms with van der Waals surface area (Å²) >= 11 is 0. The van der Waals surface area contributed by atoms with Crippen molar-refractivity contribution in [2.45, 2.75) is 20.3 Å². The molecule has 0 aliphatic rings. The maximum absolute atomic E-state index is 10.9. The second-order valence-electron chi connectivity index (χ2n) is 5.23. The first-order valence-corrected chi connectivity index (χ1v) is 7.02. The Morgan fingerprint density at radius 2 is 2.24 bits per heavy atom. The Balaban J connectivity index is 1.84. The number of benzene rings is 1. The number of carboxylic acids is 1. The average Bonchev–Trinajstić information content (AvgIpc) is 2.83. The van der Waals surface area contributed by atoms with E-state index in [1.807, 2.05) is 0 Å². The minimum Gasteiger partial charge on any atom is -0.478 e. The third-order valence-electron chi connectivity index (χ3n) is 3.00. The minimum absolute atomic E-state index is 0.183. The second kappa shape index (κ2) is 7.08. The van der Waals surface area contributed by atoms with Gasteiger partial charge in [0, 0.05) is 13.2 Å². The van der Waals surface area contributed by atoms with Gasteiger partial charge in [-0.05, 0) is 30.5 Å². The lowest BCUT2D eigenvalue weighted by molar-refractivity contribution is 0.0697. The first kappa shape index (κ1) is 15.3. The number of ether oxygens (including phenoxy) is 1. The van der Waals surface area contributed by atoms with E-state index in [0.717, 1.165) is 13.0 Å². The molecule has 114 valence electrons. The Hall–Kier alpha value is -2.08. The molecule has 0 saturated heterocycles. The number of aromatic carboxylic acids is 1. The van der Waals surface area contributed by atoms with Crippen LogP contribution in [0.3, 0.4) is 0 Å². The van der Waals surface area contributed by atoms with Gasteiger partial charge in [0.05, 0.1) is 12.2 Å². The van der Waals surface area contributed by atoms with Crippen LogP contribution in [0.5, 0.6) is 0 Å². The van der Waals surface area contributed by atoms with Gasteiger partial charge in [0.25, 0.3) is 6.01 Å². The summed E-state index contributed by atoms with van der Waals surface area (Å²) in [6, 6.07) is 4.98. The van der Waals surface area contributed by atoms with E-state index in [1.54, 1.807) is 6.07 Å². The largest absolute Gasteiger partial charge is 0.478 e. The number of oxazole rings is 1. The maximum Gasteiger partial charge on any atom is 0.335 e. The van der Waals surface area contributed by atoms with E-state index in [1.165, 1.54) is 12.1 Å². The highest BCUT2D eigenvalue weighted by Gasteiger charge is 2.09. The summed E-state index contributed by atoms with van der Waals surface area (Å²) in [5.74, 6) is -0.347.